The number of furan rings is 1. The van der Waals surface area contributed by atoms with E-state index in [2.05, 4.69) is 17.6 Å². The Balaban J connectivity index is 1.65. The quantitative estimate of drug-likeness (QED) is 0.267. The number of methoxy groups -OCH3 is 2. The number of rotatable bonds is 13. The molecule has 0 spiro atoms. The van der Waals surface area contributed by atoms with E-state index in [9.17, 15) is 9.59 Å². The molecule has 1 heterocycles. The maximum Gasteiger partial charge on any atom is 0.267 e. The Bertz CT molecular complexity index is 1170. The molecule has 2 amide bonds. The molecule has 0 unspecified atom stereocenters. The average molecular weight is 493 g/mol. The van der Waals surface area contributed by atoms with E-state index < -0.39 is 11.8 Å². The lowest BCUT2D eigenvalue weighted by atomic mass is 10.1. The Hall–Kier alpha value is -4.20. The smallest absolute Gasteiger partial charge is 0.267 e. The van der Waals surface area contributed by atoms with Crippen LogP contribution in [0.1, 0.15) is 41.4 Å². The van der Waals surface area contributed by atoms with Crippen molar-refractivity contribution in [3.8, 4) is 17.2 Å². The number of ether oxygens (including phenoxy) is 3. The summed E-state index contributed by atoms with van der Waals surface area (Å²) in [7, 11) is 3.01. The van der Waals surface area contributed by atoms with Crippen LogP contribution < -0.4 is 24.8 Å². The molecule has 0 atom stereocenters. The van der Waals surface area contributed by atoms with Crippen molar-refractivity contribution in [1.82, 2.24) is 10.6 Å². The lowest BCUT2D eigenvalue weighted by Crippen LogP contribution is -2.35. The van der Waals surface area contributed by atoms with Gasteiger partial charge in [-0.1, -0.05) is 25.1 Å². The highest BCUT2D eigenvalue weighted by molar-refractivity contribution is 6.05. The van der Waals surface area contributed by atoms with Gasteiger partial charge in [0.15, 0.2) is 11.5 Å². The first-order valence-corrected chi connectivity index (χ1v) is 11.8. The summed E-state index contributed by atoms with van der Waals surface area (Å²) in [5.41, 5.74) is 1.47. The summed E-state index contributed by atoms with van der Waals surface area (Å²) in [6.45, 7) is 3.15. The van der Waals surface area contributed by atoms with Crippen molar-refractivity contribution < 1.29 is 28.2 Å². The highest BCUT2D eigenvalue weighted by Crippen LogP contribution is 2.27. The summed E-state index contributed by atoms with van der Waals surface area (Å²) in [6, 6.07) is 16.1. The number of aryl methyl sites for hydroxylation is 1. The van der Waals surface area contributed by atoms with Gasteiger partial charge in [0.25, 0.3) is 11.8 Å². The molecule has 3 rings (SSSR count). The second kappa shape index (κ2) is 13.6. The zero-order valence-corrected chi connectivity index (χ0v) is 20.8. The molecule has 0 bridgehead atoms. The first kappa shape index (κ1) is 26.4. The van der Waals surface area contributed by atoms with Gasteiger partial charge in [0.1, 0.15) is 17.2 Å². The molecule has 0 fully saturated rings. The molecule has 3 aromatic rings. The maximum absolute atomic E-state index is 13.0. The molecule has 0 saturated carbocycles. The van der Waals surface area contributed by atoms with Crippen molar-refractivity contribution in [2.45, 2.75) is 26.2 Å². The molecule has 2 aromatic carbocycles. The lowest BCUT2D eigenvalue weighted by Gasteiger charge is -2.13. The van der Waals surface area contributed by atoms with Crippen molar-refractivity contribution in [3.63, 3.8) is 0 Å². The maximum atomic E-state index is 13.0. The van der Waals surface area contributed by atoms with Crippen molar-refractivity contribution in [2.75, 3.05) is 27.4 Å². The van der Waals surface area contributed by atoms with Gasteiger partial charge in [-0.2, -0.15) is 0 Å². The van der Waals surface area contributed by atoms with Crippen LogP contribution in [-0.4, -0.2) is 39.2 Å². The molecular weight excluding hydrogens is 460 g/mol. The highest BCUT2D eigenvalue weighted by Gasteiger charge is 2.17. The van der Waals surface area contributed by atoms with Crippen LogP contribution in [0.3, 0.4) is 0 Å². The molecule has 36 heavy (non-hydrogen) atoms. The molecule has 190 valence electrons. The van der Waals surface area contributed by atoms with Gasteiger partial charge >= 0.3 is 0 Å². The fourth-order valence-electron chi connectivity index (χ4n) is 3.49. The van der Waals surface area contributed by atoms with Crippen molar-refractivity contribution in [2.24, 2.45) is 0 Å². The molecular formula is C28H32N2O6. The normalized spacial score (nSPS) is 11.0. The van der Waals surface area contributed by atoms with E-state index in [0.717, 1.165) is 24.2 Å². The van der Waals surface area contributed by atoms with E-state index in [4.69, 9.17) is 18.6 Å². The number of hydrogen-bond acceptors (Lipinski definition) is 6. The number of para-hydroxylation sites is 1. The van der Waals surface area contributed by atoms with E-state index in [1.54, 1.807) is 30.3 Å². The van der Waals surface area contributed by atoms with Gasteiger partial charge in [-0.05, 0) is 61.2 Å². The summed E-state index contributed by atoms with van der Waals surface area (Å²) in [6.07, 6.45) is 5.37. The van der Waals surface area contributed by atoms with E-state index in [1.807, 2.05) is 24.3 Å². The first-order valence-electron chi connectivity index (χ1n) is 11.8. The fraction of sp³-hybridized carbons (Fsp3) is 0.286. The van der Waals surface area contributed by atoms with Crippen LogP contribution in [0.15, 0.2) is 71.0 Å². The number of carbonyl (C=O) groups is 2. The number of carbonyl (C=O) groups excluding carboxylic acids is 2. The van der Waals surface area contributed by atoms with Crippen LogP contribution in [0.2, 0.25) is 0 Å². The van der Waals surface area contributed by atoms with Crippen LogP contribution in [-0.2, 0) is 11.2 Å². The van der Waals surface area contributed by atoms with Gasteiger partial charge in [-0.15, -0.1) is 0 Å². The van der Waals surface area contributed by atoms with Gasteiger partial charge in [-0.25, -0.2) is 0 Å². The summed E-state index contributed by atoms with van der Waals surface area (Å²) in [4.78, 5) is 25.9. The SMILES string of the molecule is CCCOc1ccccc1CCCNC(=O)/C(=C/c1ccco1)NC(=O)c1ccc(OC)c(OC)c1. The number of nitrogens with one attached hydrogen (secondary N) is 2. The van der Waals surface area contributed by atoms with Crippen LogP contribution in [0.4, 0.5) is 0 Å². The Labute approximate surface area is 211 Å². The summed E-state index contributed by atoms with van der Waals surface area (Å²) < 4.78 is 21.6. The average Bonchev–Trinajstić information content (AvgIpc) is 3.42. The third-order valence-corrected chi connectivity index (χ3v) is 5.31. The third kappa shape index (κ3) is 7.40. The second-order valence-electron chi connectivity index (χ2n) is 7.91. The van der Waals surface area contributed by atoms with Crippen molar-refractivity contribution in [1.29, 1.82) is 0 Å². The van der Waals surface area contributed by atoms with Gasteiger partial charge in [-0.3, -0.25) is 9.59 Å². The van der Waals surface area contributed by atoms with E-state index in [-0.39, 0.29) is 5.70 Å². The zero-order valence-electron chi connectivity index (χ0n) is 20.8. The topological polar surface area (TPSA) is 99.0 Å². The largest absolute Gasteiger partial charge is 0.493 e. The predicted octanol–water partition coefficient (Wildman–Crippen LogP) is 4.61. The molecule has 0 aliphatic carbocycles. The van der Waals surface area contributed by atoms with E-state index >= 15 is 0 Å². The summed E-state index contributed by atoms with van der Waals surface area (Å²) in [5, 5.41) is 5.56. The minimum atomic E-state index is -0.467. The van der Waals surface area contributed by atoms with Crippen LogP contribution >= 0.6 is 0 Å². The van der Waals surface area contributed by atoms with Gasteiger partial charge in [0.05, 0.1) is 27.1 Å². The Morgan fingerprint density at radius 2 is 1.78 bits per heavy atom. The third-order valence-electron chi connectivity index (χ3n) is 5.31. The van der Waals surface area contributed by atoms with Crippen LogP contribution in [0.5, 0.6) is 17.2 Å². The van der Waals surface area contributed by atoms with Gasteiger partial charge in [0.2, 0.25) is 0 Å². The van der Waals surface area contributed by atoms with Crippen LogP contribution in [0, 0.1) is 0 Å². The first-order chi connectivity index (χ1) is 17.5. The van der Waals surface area contributed by atoms with Gasteiger partial charge in [0, 0.05) is 18.2 Å². The summed E-state index contributed by atoms with van der Waals surface area (Å²) >= 11 is 0. The predicted molar refractivity (Wildman–Crippen MR) is 137 cm³/mol. The standard InChI is InChI=1S/C28H32N2O6/c1-4-16-36-24-12-6-5-9-20(24)10-7-15-29-28(32)23(19-22-11-8-17-35-22)30-27(31)21-13-14-25(33-2)26(18-21)34-3/h5-6,8-9,11-14,17-19H,4,7,10,15-16H2,1-3H3,(H,29,32)(H,30,31)/b23-19-. The molecule has 0 aliphatic rings. The zero-order chi connectivity index (χ0) is 25.8. The van der Waals surface area contributed by atoms with Gasteiger partial charge < -0.3 is 29.3 Å². The minimum absolute atomic E-state index is 0.0661. The Kier molecular flexibility index (Phi) is 10.00. The number of hydrogen-bond donors (Lipinski definition) is 2. The van der Waals surface area contributed by atoms with E-state index in [0.29, 0.717) is 42.4 Å². The minimum Gasteiger partial charge on any atom is -0.493 e. The summed E-state index contributed by atoms with van der Waals surface area (Å²) in [5.74, 6) is 1.33. The van der Waals surface area contributed by atoms with Crippen molar-refractivity contribution in [3.05, 3.63) is 83.4 Å². The monoisotopic (exact) mass is 492 g/mol. The molecule has 0 saturated heterocycles. The number of amides is 2. The fourth-order valence-corrected chi connectivity index (χ4v) is 3.49. The lowest BCUT2D eigenvalue weighted by molar-refractivity contribution is -0.117. The second-order valence-corrected chi connectivity index (χ2v) is 7.91. The molecule has 1 aromatic heterocycles. The molecule has 8 nitrogen and oxygen atoms in total. The van der Waals surface area contributed by atoms with Crippen LogP contribution in [0.25, 0.3) is 6.08 Å². The Morgan fingerprint density at radius 3 is 2.50 bits per heavy atom. The molecule has 0 aliphatic heterocycles. The van der Waals surface area contributed by atoms with Crippen molar-refractivity contribution >= 4 is 17.9 Å². The molecule has 8 heteroatoms. The molecule has 2 N–H and O–H groups in total. The number of benzene rings is 2. The molecule has 0 radical (unpaired) electrons. The van der Waals surface area contributed by atoms with E-state index in [1.165, 1.54) is 26.6 Å². The Morgan fingerprint density at radius 1 is 0.972 bits per heavy atom. The highest BCUT2D eigenvalue weighted by atomic mass is 16.5.